The molecule has 70 valence electrons. The van der Waals surface area contributed by atoms with Gasteiger partial charge < -0.3 is 15.5 Å². The lowest BCUT2D eigenvalue weighted by atomic mass is 10.0. The molecule has 1 atom stereocenters. The average Bonchev–Trinajstić information content (AvgIpc) is 2.59. The molecule has 1 aromatic rings. The van der Waals surface area contributed by atoms with E-state index in [4.69, 9.17) is 10.2 Å². The minimum Gasteiger partial charge on any atom is -0.394 e. The van der Waals surface area contributed by atoms with Gasteiger partial charge in [0.1, 0.15) is 0 Å². The highest BCUT2D eigenvalue weighted by Crippen LogP contribution is 2.25. The Morgan fingerprint density at radius 3 is 2.92 bits per heavy atom. The van der Waals surface area contributed by atoms with Gasteiger partial charge in [0, 0.05) is 6.54 Å². The number of aliphatic hydroxyl groups excluding tert-OH is 2. The van der Waals surface area contributed by atoms with Gasteiger partial charge in [-0.2, -0.15) is 0 Å². The monoisotopic (exact) mass is 179 g/mol. The SMILES string of the molecule is OCc1ccc2c(c1)[C@H](CO)NC2. The van der Waals surface area contributed by atoms with Crippen LogP contribution in [0.25, 0.3) is 0 Å². The van der Waals surface area contributed by atoms with E-state index in [0.717, 1.165) is 17.7 Å². The summed E-state index contributed by atoms with van der Waals surface area (Å²) in [6, 6.07) is 5.92. The first-order chi connectivity index (χ1) is 6.35. The standard InChI is InChI=1S/C10H13NO2/c12-5-7-1-2-8-4-11-10(6-13)9(8)3-7/h1-3,10-13H,4-6H2/t10-/m0/s1. The number of benzene rings is 1. The molecule has 1 aliphatic heterocycles. The fourth-order valence-electron chi connectivity index (χ4n) is 1.73. The second kappa shape index (κ2) is 3.46. The summed E-state index contributed by atoms with van der Waals surface area (Å²) >= 11 is 0. The van der Waals surface area contributed by atoms with Crippen LogP contribution in [0.3, 0.4) is 0 Å². The van der Waals surface area contributed by atoms with Crippen LogP contribution in [0.5, 0.6) is 0 Å². The lowest BCUT2D eigenvalue weighted by molar-refractivity contribution is 0.251. The second-order valence-electron chi connectivity index (χ2n) is 3.31. The number of hydrogen-bond donors (Lipinski definition) is 3. The van der Waals surface area contributed by atoms with E-state index < -0.39 is 0 Å². The van der Waals surface area contributed by atoms with Gasteiger partial charge in [-0.3, -0.25) is 0 Å². The molecule has 0 spiro atoms. The molecule has 0 fully saturated rings. The lowest BCUT2D eigenvalue weighted by Crippen LogP contribution is -2.15. The normalized spacial score (nSPS) is 20.3. The Kier molecular flexibility index (Phi) is 2.31. The van der Waals surface area contributed by atoms with Crippen LogP contribution in [0.2, 0.25) is 0 Å². The van der Waals surface area contributed by atoms with Gasteiger partial charge >= 0.3 is 0 Å². The van der Waals surface area contributed by atoms with Gasteiger partial charge in [-0.25, -0.2) is 0 Å². The van der Waals surface area contributed by atoms with Crippen molar-refractivity contribution in [3.63, 3.8) is 0 Å². The first-order valence-corrected chi connectivity index (χ1v) is 4.42. The van der Waals surface area contributed by atoms with Gasteiger partial charge in [0.15, 0.2) is 0 Å². The topological polar surface area (TPSA) is 52.5 Å². The Hall–Kier alpha value is -0.900. The average molecular weight is 179 g/mol. The third-order valence-corrected chi connectivity index (χ3v) is 2.49. The van der Waals surface area contributed by atoms with E-state index in [-0.39, 0.29) is 19.3 Å². The van der Waals surface area contributed by atoms with Crippen molar-refractivity contribution >= 4 is 0 Å². The molecule has 0 aromatic heterocycles. The molecule has 0 radical (unpaired) electrons. The smallest absolute Gasteiger partial charge is 0.0681 e. The van der Waals surface area contributed by atoms with Crippen molar-refractivity contribution in [1.82, 2.24) is 5.32 Å². The van der Waals surface area contributed by atoms with E-state index in [9.17, 15) is 0 Å². The fraction of sp³-hybridized carbons (Fsp3) is 0.400. The molecule has 1 aliphatic rings. The molecule has 0 amide bonds. The maximum atomic E-state index is 9.05. The van der Waals surface area contributed by atoms with Crippen LogP contribution in [0.15, 0.2) is 18.2 Å². The summed E-state index contributed by atoms with van der Waals surface area (Å²) in [6.07, 6.45) is 0. The first-order valence-electron chi connectivity index (χ1n) is 4.42. The number of rotatable bonds is 2. The Labute approximate surface area is 77.0 Å². The second-order valence-corrected chi connectivity index (χ2v) is 3.31. The van der Waals surface area contributed by atoms with Crippen molar-refractivity contribution in [2.24, 2.45) is 0 Å². The summed E-state index contributed by atoms with van der Waals surface area (Å²) in [5.41, 5.74) is 3.24. The van der Waals surface area contributed by atoms with E-state index in [2.05, 4.69) is 5.32 Å². The van der Waals surface area contributed by atoms with Crippen LogP contribution in [-0.4, -0.2) is 16.8 Å². The minimum atomic E-state index is 0.0431. The molecule has 1 heterocycles. The fourth-order valence-corrected chi connectivity index (χ4v) is 1.73. The van der Waals surface area contributed by atoms with Crippen LogP contribution < -0.4 is 5.32 Å². The molecule has 0 aliphatic carbocycles. The van der Waals surface area contributed by atoms with Crippen molar-refractivity contribution in [3.8, 4) is 0 Å². The van der Waals surface area contributed by atoms with Crippen LogP contribution in [0.1, 0.15) is 22.7 Å². The van der Waals surface area contributed by atoms with Crippen molar-refractivity contribution < 1.29 is 10.2 Å². The van der Waals surface area contributed by atoms with Gasteiger partial charge in [-0.15, -0.1) is 0 Å². The Bertz CT molecular complexity index is 312. The number of fused-ring (bicyclic) bond motifs is 1. The molecule has 3 nitrogen and oxygen atoms in total. The highest BCUT2D eigenvalue weighted by Gasteiger charge is 2.20. The van der Waals surface area contributed by atoms with Gasteiger partial charge in [-0.05, 0) is 16.7 Å². The summed E-state index contributed by atoms with van der Waals surface area (Å²) in [5.74, 6) is 0. The predicted molar refractivity (Wildman–Crippen MR) is 49.0 cm³/mol. The van der Waals surface area contributed by atoms with E-state index in [1.54, 1.807) is 0 Å². The summed E-state index contributed by atoms with van der Waals surface area (Å²) in [7, 11) is 0. The summed E-state index contributed by atoms with van der Waals surface area (Å²) in [5, 5.41) is 21.2. The molecule has 2 rings (SSSR count). The summed E-state index contributed by atoms with van der Waals surface area (Å²) < 4.78 is 0. The van der Waals surface area contributed by atoms with Gasteiger partial charge in [-0.1, -0.05) is 18.2 Å². The molecule has 0 saturated carbocycles. The molecule has 3 N–H and O–H groups in total. The van der Waals surface area contributed by atoms with Crippen LogP contribution >= 0.6 is 0 Å². The van der Waals surface area contributed by atoms with Crippen LogP contribution in [0.4, 0.5) is 0 Å². The van der Waals surface area contributed by atoms with Gasteiger partial charge in [0.25, 0.3) is 0 Å². The molecular weight excluding hydrogens is 166 g/mol. The summed E-state index contributed by atoms with van der Waals surface area (Å²) in [4.78, 5) is 0. The number of nitrogens with one attached hydrogen (secondary N) is 1. The zero-order valence-corrected chi connectivity index (χ0v) is 7.33. The van der Waals surface area contributed by atoms with Crippen molar-refractivity contribution in [2.45, 2.75) is 19.2 Å². The van der Waals surface area contributed by atoms with E-state index in [0.29, 0.717) is 0 Å². The molecule has 0 unspecified atom stereocenters. The quantitative estimate of drug-likeness (QED) is 0.612. The molecule has 1 aromatic carbocycles. The molecular formula is C10H13NO2. The van der Waals surface area contributed by atoms with Gasteiger partial charge in [0.05, 0.1) is 19.3 Å². The van der Waals surface area contributed by atoms with Gasteiger partial charge in [0.2, 0.25) is 0 Å². The number of hydrogen-bond acceptors (Lipinski definition) is 3. The Morgan fingerprint density at radius 1 is 1.38 bits per heavy atom. The zero-order valence-electron chi connectivity index (χ0n) is 7.33. The highest BCUT2D eigenvalue weighted by atomic mass is 16.3. The minimum absolute atomic E-state index is 0.0431. The van der Waals surface area contributed by atoms with E-state index >= 15 is 0 Å². The Balaban J connectivity index is 2.37. The Morgan fingerprint density at radius 2 is 2.23 bits per heavy atom. The highest BCUT2D eigenvalue weighted by molar-refractivity contribution is 5.37. The number of aliphatic hydroxyl groups is 2. The molecule has 3 heteroatoms. The zero-order chi connectivity index (χ0) is 9.26. The van der Waals surface area contributed by atoms with Crippen LogP contribution in [0, 0.1) is 0 Å². The summed E-state index contributed by atoms with van der Waals surface area (Å²) in [6.45, 7) is 0.986. The van der Waals surface area contributed by atoms with Crippen LogP contribution in [-0.2, 0) is 13.2 Å². The molecule has 13 heavy (non-hydrogen) atoms. The third-order valence-electron chi connectivity index (χ3n) is 2.49. The third kappa shape index (κ3) is 1.46. The van der Waals surface area contributed by atoms with Crippen molar-refractivity contribution in [1.29, 1.82) is 0 Å². The van der Waals surface area contributed by atoms with Crippen molar-refractivity contribution in [3.05, 3.63) is 34.9 Å². The largest absolute Gasteiger partial charge is 0.394 e. The maximum Gasteiger partial charge on any atom is 0.0681 e. The molecule has 0 saturated heterocycles. The maximum absolute atomic E-state index is 9.05. The molecule has 0 bridgehead atoms. The lowest BCUT2D eigenvalue weighted by Gasteiger charge is -2.08. The first kappa shape index (κ1) is 8.69. The predicted octanol–water partition coefficient (Wildman–Crippen LogP) is 0.316. The van der Waals surface area contributed by atoms with Crippen molar-refractivity contribution in [2.75, 3.05) is 6.61 Å². The van der Waals surface area contributed by atoms with E-state index in [1.807, 2.05) is 18.2 Å². The van der Waals surface area contributed by atoms with E-state index in [1.165, 1.54) is 5.56 Å².